The van der Waals surface area contributed by atoms with Gasteiger partial charge in [0.05, 0.1) is 25.1 Å². The molecular formula is C18H19BN4O6. The van der Waals surface area contributed by atoms with Crippen molar-refractivity contribution in [2.24, 2.45) is 5.73 Å². The molecule has 3 heterocycles. The number of nitrogens with two attached hydrogens (primary N) is 1. The number of carboxylic acid groups (broad SMARTS) is 1. The maximum atomic E-state index is 12.4. The molecule has 0 radical (unpaired) electrons. The van der Waals surface area contributed by atoms with Crippen LogP contribution in [0.4, 0.5) is 0 Å². The number of carbonyl (C=O) groups is 2. The molecule has 3 atom stereocenters. The summed E-state index contributed by atoms with van der Waals surface area (Å²) in [5.41, 5.74) is 7.08. The Kier molecular flexibility index (Phi) is 4.03. The summed E-state index contributed by atoms with van der Waals surface area (Å²) >= 11 is 0. The quantitative estimate of drug-likeness (QED) is 0.519. The number of aromatic carboxylic acids is 1. The zero-order valence-corrected chi connectivity index (χ0v) is 15.3. The number of hydrogen-bond donors (Lipinski definition) is 4. The van der Waals surface area contributed by atoms with Gasteiger partial charge >= 0.3 is 13.1 Å². The van der Waals surface area contributed by atoms with Gasteiger partial charge in [-0.1, -0.05) is 6.07 Å². The number of likely N-dealkylation sites (tertiary alicyclic amines) is 1. The summed E-state index contributed by atoms with van der Waals surface area (Å²) in [7, 11) is -0.999. The fraction of sp³-hybridized carbons (Fsp3) is 0.389. The molecule has 150 valence electrons. The molecule has 11 heteroatoms. The smallest absolute Gasteiger partial charge is 0.526 e. The van der Waals surface area contributed by atoms with E-state index in [0.29, 0.717) is 18.8 Å². The summed E-state index contributed by atoms with van der Waals surface area (Å²) in [5, 5.41) is 19.7. The number of hydrogen-bond acceptors (Lipinski definition) is 7. The van der Waals surface area contributed by atoms with E-state index in [1.165, 1.54) is 11.2 Å². The molecule has 2 fully saturated rings. The number of carboxylic acids is 1. The molecule has 2 aliphatic heterocycles. The molecule has 0 spiro atoms. The van der Waals surface area contributed by atoms with Crippen molar-refractivity contribution in [3.05, 3.63) is 41.5 Å². The highest BCUT2D eigenvalue weighted by Crippen LogP contribution is 2.60. The Labute approximate surface area is 165 Å². The first-order valence-corrected chi connectivity index (χ1v) is 9.38. The van der Waals surface area contributed by atoms with Crippen LogP contribution in [-0.2, 0) is 4.79 Å². The fourth-order valence-electron chi connectivity index (χ4n) is 4.03. The number of carbonyl (C=O) groups excluding carboxylic acids is 1. The van der Waals surface area contributed by atoms with E-state index in [1.54, 1.807) is 18.3 Å². The number of amides is 1. The molecule has 1 saturated carbocycles. The van der Waals surface area contributed by atoms with Crippen LogP contribution in [0.5, 0.6) is 11.5 Å². The molecule has 1 aromatic heterocycles. The second kappa shape index (κ2) is 6.50. The van der Waals surface area contributed by atoms with Crippen LogP contribution < -0.4 is 15.1 Å². The van der Waals surface area contributed by atoms with Crippen LogP contribution in [0, 0.1) is 0 Å². The average Bonchev–Trinajstić information content (AvgIpc) is 3.29. The molecule has 1 saturated heterocycles. The summed E-state index contributed by atoms with van der Waals surface area (Å²) in [6, 6.07) is 2.56. The van der Waals surface area contributed by atoms with Gasteiger partial charge in [0.1, 0.15) is 29.2 Å². The minimum atomic E-state index is -1.18. The van der Waals surface area contributed by atoms with Gasteiger partial charge in [0.15, 0.2) is 0 Å². The van der Waals surface area contributed by atoms with Crippen molar-refractivity contribution in [2.45, 2.75) is 30.3 Å². The molecule has 3 aliphatic rings. The van der Waals surface area contributed by atoms with Crippen LogP contribution in [0.3, 0.4) is 0 Å². The van der Waals surface area contributed by atoms with E-state index < -0.39 is 19.1 Å². The standard InChI is InChI=1S/C18H19BN4O6/c20-15(12-4-21-7-22-12)17(24)23-5-8(6-23)28-13-2-1-9-10-3-11(10)19(27)29-16(9)14(13)18(25)26/h1-2,4,7-8,10-11,15,27H,3,5-6,20H2,(H,21,22)(H,25,26)/t10?,11?,15-/m1/s1. The predicted molar refractivity (Wildman–Crippen MR) is 99.6 cm³/mol. The lowest BCUT2D eigenvalue weighted by Gasteiger charge is -2.40. The minimum absolute atomic E-state index is 0.0286. The summed E-state index contributed by atoms with van der Waals surface area (Å²) in [6.45, 7) is 0.586. The topological polar surface area (TPSA) is 151 Å². The van der Waals surface area contributed by atoms with Crippen molar-refractivity contribution >= 4 is 19.0 Å². The zero-order valence-electron chi connectivity index (χ0n) is 15.3. The molecule has 1 amide bonds. The molecule has 0 bridgehead atoms. The molecule has 29 heavy (non-hydrogen) atoms. The number of fused-ring (bicyclic) bond motifs is 3. The lowest BCUT2D eigenvalue weighted by molar-refractivity contribution is -0.141. The molecule has 2 unspecified atom stereocenters. The Balaban J connectivity index is 1.29. The van der Waals surface area contributed by atoms with Gasteiger partial charge in [0.2, 0.25) is 5.91 Å². The number of aromatic nitrogens is 2. The molecule has 5 N–H and O–H groups in total. The number of nitrogens with one attached hydrogen (secondary N) is 1. The number of aromatic amines is 1. The Hall–Kier alpha value is -3.05. The molecule has 5 rings (SSSR count). The van der Waals surface area contributed by atoms with Gasteiger partial charge in [-0.3, -0.25) is 4.79 Å². The third-order valence-corrected chi connectivity index (χ3v) is 5.77. The monoisotopic (exact) mass is 398 g/mol. The third-order valence-electron chi connectivity index (χ3n) is 5.77. The van der Waals surface area contributed by atoms with Crippen LogP contribution in [0.15, 0.2) is 24.7 Å². The van der Waals surface area contributed by atoms with Crippen molar-refractivity contribution in [2.75, 3.05) is 13.1 Å². The Morgan fingerprint density at radius 3 is 2.90 bits per heavy atom. The summed E-state index contributed by atoms with van der Waals surface area (Å²) in [5.74, 6) is -0.963. The second-order valence-corrected chi connectivity index (χ2v) is 7.63. The molecule has 2 aromatic rings. The van der Waals surface area contributed by atoms with Crippen molar-refractivity contribution < 1.29 is 29.1 Å². The van der Waals surface area contributed by atoms with Crippen LogP contribution in [0.1, 0.15) is 40.0 Å². The third kappa shape index (κ3) is 2.93. The fourth-order valence-corrected chi connectivity index (χ4v) is 4.03. The van der Waals surface area contributed by atoms with Crippen LogP contribution in [0.25, 0.3) is 0 Å². The number of imidazole rings is 1. The summed E-state index contributed by atoms with van der Waals surface area (Å²) < 4.78 is 11.3. The molecule has 10 nitrogen and oxygen atoms in total. The van der Waals surface area contributed by atoms with E-state index in [2.05, 4.69) is 9.97 Å². The normalized spacial score (nSPS) is 23.4. The Morgan fingerprint density at radius 1 is 1.41 bits per heavy atom. The number of rotatable bonds is 5. The first-order chi connectivity index (χ1) is 13.9. The van der Waals surface area contributed by atoms with Gasteiger partial charge < -0.3 is 35.1 Å². The predicted octanol–water partition coefficient (Wildman–Crippen LogP) is 0.128. The van der Waals surface area contributed by atoms with E-state index in [0.717, 1.165) is 12.0 Å². The van der Waals surface area contributed by atoms with Crippen LogP contribution in [-0.4, -0.2) is 63.2 Å². The van der Waals surface area contributed by atoms with E-state index in [9.17, 15) is 19.7 Å². The number of ether oxygens (including phenoxy) is 1. The summed E-state index contributed by atoms with van der Waals surface area (Å²) in [4.78, 5) is 32.6. The van der Waals surface area contributed by atoms with E-state index in [-0.39, 0.29) is 40.8 Å². The molecular weight excluding hydrogens is 379 g/mol. The van der Waals surface area contributed by atoms with Gasteiger partial charge in [-0.25, -0.2) is 9.78 Å². The van der Waals surface area contributed by atoms with E-state index >= 15 is 0 Å². The van der Waals surface area contributed by atoms with Crippen molar-refractivity contribution in [1.82, 2.24) is 14.9 Å². The number of nitrogens with zero attached hydrogens (tertiary/aromatic N) is 2. The highest BCUT2D eigenvalue weighted by atomic mass is 16.5. The largest absolute Gasteiger partial charge is 0.535 e. The average molecular weight is 398 g/mol. The highest BCUT2D eigenvalue weighted by Gasteiger charge is 2.54. The van der Waals surface area contributed by atoms with E-state index in [1.807, 2.05) is 0 Å². The van der Waals surface area contributed by atoms with Gasteiger partial charge in [0.25, 0.3) is 0 Å². The zero-order chi connectivity index (χ0) is 20.3. The second-order valence-electron chi connectivity index (χ2n) is 7.63. The highest BCUT2D eigenvalue weighted by molar-refractivity contribution is 6.48. The maximum Gasteiger partial charge on any atom is 0.526 e. The maximum absolute atomic E-state index is 12.4. The lowest BCUT2D eigenvalue weighted by atomic mass is 9.77. The first kappa shape index (κ1) is 18.0. The van der Waals surface area contributed by atoms with Crippen molar-refractivity contribution in [1.29, 1.82) is 0 Å². The lowest BCUT2D eigenvalue weighted by Crippen LogP contribution is -2.58. The van der Waals surface area contributed by atoms with Gasteiger partial charge in [-0.15, -0.1) is 0 Å². The van der Waals surface area contributed by atoms with Crippen LogP contribution in [0.2, 0.25) is 5.82 Å². The SMILES string of the molecule is N[C@@H](C(=O)N1CC(Oc2ccc3c(c2C(=O)O)OB(O)C2CC32)C1)c1c[nH]cn1. The first-order valence-electron chi connectivity index (χ1n) is 9.38. The molecule has 1 aliphatic carbocycles. The molecule has 1 aromatic carbocycles. The van der Waals surface area contributed by atoms with Crippen LogP contribution >= 0.6 is 0 Å². The van der Waals surface area contributed by atoms with Crippen molar-refractivity contribution in [3.8, 4) is 11.5 Å². The summed E-state index contributed by atoms with van der Waals surface area (Å²) in [6.07, 6.45) is 3.45. The number of benzene rings is 1. The Morgan fingerprint density at radius 2 is 2.21 bits per heavy atom. The van der Waals surface area contributed by atoms with Gasteiger partial charge in [-0.05, 0) is 24.0 Å². The minimum Gasteiger partial charge on any atom is -0.535 e. The van der Waals surface area contributed by atoms with E-state index in [4.69, 9.17) is 15.1 Å². The Bertz CT molecular complexity index is 977. The van der Waals surface area contributed by atoms with Gasteiger partial charge in [-0.2, -0.15) is 0 Å². The van der Waals surface area contributed by atoms with Gasteiger partial charge in [0, 0.05) is 12.0 Å². The number of H-pyrrole nitrogens is 1. The van der Waals surface area contributed by atoms with Crippen molar-refractivity contribution in [3.63, 3.8) is 0 Å².